The molecule has 0 radical (unpaired) electrons. The number of amides is 1. The van der Waals surface area contributed by atoms with Crippen LogP contribution in [-0.2, 0) is 0 Å². The Kier molecular flexibility index (Phi) is 2.97. The zero-order valence-corrected chi connectivity index (χ0v) is 11.2. The largest absolute Gasteiger partial charge is 0.337 e. The van der Waals surface area contributed by atoms with Gasteiger partial charge >= 0.3 is 0 Å². The van der Waals surface area contributed by atoms with Crippen LogP contribution in [0.5, 0.6) is 0 Å². The van der Waals surface area contributed by atoms with Gasteiger partial charge < -0.3 is 10.6 Å². The molecule has 4 nitrogen and oxygen atoms in total. The van der Waals surface area contributed by atoms with Crippen LogP contribution in [0.2, 0.25) is 5.02 Å². The normalized spacial score (nSPS) is 19.7. The molecular weight excluding hydrogens is 270 g/mol. The Labute approximate surface area is 113 Å². The third kappa shape index (κ3) is 1.88. The molecule has 0 saturated carbocycles. The zero-order valence-electron chi connectivity index (χ0n) is 9.60. The van der Waals surface area contributed by atoms with E-state index in [1.54, 1.807) is 11.1 Å². The molecule has 1 amide bonds. The first kappa shape index (κ1) is 11.9. The van der Waals surface area contributed by atoms with Crippen molar-refractivity contribution in [3.05, 3.63) is 28.2 Å². The highest BCUT2D eigenvalue weighted by molar-refractivity contribution is 7.17. The number of rotatable bonds is 1. The molecule has 1 unspecified atom stereocenters. The van der Waals surface area contributed by atoms with E-state index in [1.165, 1.54) is 11.3 Å². The monoisotopic (exact) mass is 281 g/mol. The Balaban J connectivity index is 1.98. The van der Waals surface area contributed by atoms with E-state index in [2.05, 4.69) is 4.98 Å². The van der Waals surface area contributed by atoms with Crippen LogP contribution in [-0.4, -0.2) is 34.9 Å². The topological polar surface area (TPSA) is 59.2 Å². The predicted octanol–water partition coefficient (Wildman–Crippen LogP) is 2.12. The number of thiophene rings is 1. The van der Waals surface area contributed by atoms with Crippen LogP contribution in [0.15, 0.2) is 17.6 Å². The molecule has 3 heterocycles. The Morgan fingerprint density at radius 1 is 1.61 bits per heavy atom. The maximum atomic E-state index is 12.3. The van der Waals surface area contributed by atoms with Crippen molar-refractivity contribution in [2.24, 2.45) is 5.73 Å². The molecular formula is C12H12ClN3OS. The van der Waals surface area contributed by atoms with E-state index in [0.717, 1.165) is 16.6 Å². The van der Waals surface area contributed by atoms with Gasteiger partial charge in [-0.1, -0.05) is 11.6 Å². The molecule has 1 atom stereocenters. The molecule has 1 aliphatic heterocycles. The summed E-state index contributed by atoms with van der Waals surface area (Å²) in [6, 6.07) is 1.97. The molecule has 6 heteroatoms. The van der Waals surface area contributed by atoms with Crippen LogP contribution in [0.25, 0.3) is 10.2 Å². The van der Waals surface area contributed by atoms with Crippen molar-refractivity contribution in [3.63, 3.8) is 0 Å². The van der Waals surface area contributed by atoms with Gasteiger partial charge in [-0.05, 0) is 17.9 Å². The highest BCUT2D eigenvalue weighted by atomic mass is 35.5. The number of halogens is 1. The minimum Gasteiger partial charge on any atom is -0.337 e. The Bertz CT molecular complexity index is 612. The molecule has 2 N–H and O–H groups in total. The van der Waals surface area contributed by atoms with Gasteiger partial charge in [0, 0.05) is 25.3 Å². The highest BCUT2D eigenvalue weighted by Gasteiger charge is 2.26. The fraction of sp³-hybridized carbons (Fsp3) is 0.333. The Morgan fingerprint density at radius 3 is 3.17 bits per heavy atom. The minimum absolute atomic E-state index is 0.0734. The lowest BCUT2D eigenvalue weighted by Gasteiger charge is -2.16. The van der Waals surface area contributed by atoms with E-state index in [9.17, 15) is 4.79 Å². The molecule has 1 aliphatic rings. The zero-order chi connectivity index (χ0) is 12.7. The Morgan fingerprint density at radius 2 is 2.44 bits per heavy atom. The van der Waals surface area contributed by atoms with Crippen LogP contribution in [0.3, 0.4) is 0 Å². The van der Waals surface area contributed by atoms with Gasteiger partial charge in [-0.3, -0.25) is 9.78 Å². The number of nitrogens with zero attached hydrogens (tertiary/aromatic N) is 2. The quantitative estimate of drug-likeness (QED) is 0.871. The molecule has 1 saturated heterocycles. The lowest BCUT2D eigenvalue weighted by Crippen LogP contribution is -2.32. The van der Waals surface area contributed by atoms with Gasteiger partial charge in [-0.15, -0.1) is 11.3 Å². The van der Waals surface area contributed by atoms with Gasteiger partial charge in [0.05, 0.1) is 20.8 Å². The van der Waals surface area contributed by atoms with Gasteiger partial charge in [0.1, 0.15) is 0 Å². The Hall–Kier alpha value is -1.17. The summed E-state index contributed by atoms with van der Waals surface area (Å²) in [7, 11) is 0. The van der Waals surface area contributed by atoms with Crippen molar-refractivity contribution in [2.45, 2.75) is 12.5 Å². The van der Waals surface area contributed by atoms with Crippen LogP contribution < -0.4 is 5.73 Å². The highest BCUT2D eigenvalue weighted by Crippen LogP contribution is 2.31. The van der Waals surface area contributed by atoms with E-state index in [4.69, 9.17) is 17.3 Å². The maximum absolute atomic E-state index is 12.3. The van der Waals surface area contributed by atoms with E-state index >= 15 is 0 Å². The van der Waals surface area contributed by atoms with Gasteiger partial charge in [0.15, 0.2) is 0 Å². The summed E-state index contributed by atoms with van der Waals surface area (Å²) >= 11 is 7.78. The fourth-order valence-corrected chi connectivity index (χ4v) is 3.32. The van der Waals surface area contributed by atoms with Crippen LogP contribution in [0, 0.1) is 0 Å². The predicted molar refractivity (Wildman–Crippen MR) is 73.1 cm³/mol. The first-order valence-electron chi connectivity index (χ1n) is 5.73. The van der Waals surface area contributed by atoms with Crippen molar-refractivity contribution < 1.29 is 4.79 Å². The van der Waals surface area contributed by atoms with Crippen molar-refractivity contribution >= 4 is 39.1 Å². The smallest absolute Gasteiger partial charge is 0.257 e. The molecule has 0 aromatic carbocycles. The molecule has 3 rings (SSSR count). The maximum Gasteiger partial charge on any atom is 0.257 e. The van der Waals surface area contributed by atoms with E-state index in [0.29, 0.717) is 23.7 Å². The summed E-state index contributed by atoms with van der Waals surface area (Å²) in [4.78, 5) is 18.3. The minimum atomic E-state index is -0.0734. The standard InChI is InChI=1S/C12H12ClN3OS/c13-10-8(5-15-9-2-4-18-11(9)10)12(17)16-3-1-7(14)6-16/h2,4-5,7H,1,3,6,14H2. The molecule has 2 aromatic heterocycles. The molecule has 0 aliphatic carbocycles. The summed E-state index contributed by atoms with van der Waals surface area (Å²) in [6.45, 7) is 1.29. The summed E-state index contributed by atoms with van der Waals surface area (Å²) < 4.78 is 0.867. The van der Waals surface area contributed by atoms with Crippen molar-refractivity contribution in [1.82, 2.24) is 9.88 Å². The summed E-state index contributed by atoms with van der Waals surface area (Å²) in [5.41, 5.74) is 7.12. The number of carbonyl (C=O) groups excluding carboxylic acids is 1. The number of fused-ring (bicyclic) bond motifs is 1. The van der Waals surface area contributed by atoms with Gasteiger partial charge in [0.2, 0.25) is 0 Å². The first-order valence-corrected chi connectivity index (χ1v) is 6.99. The molecule has 18 heavy (non-hydrogen) atoms. The molecule has 0 spiro atoms. The van der Waals surface area contributed by atoms with Crippen molar-refractivity contribution in [3.8, 4) is 0 Å². The number of pyridine rings is 1. The lowest BCUT2D eigenvalue weighted by atomic mass is 10.2. The van der Waals surface area contributed by atoms with E-state index in [1.807, 2.05) is 11.4 Å². The summed E-state index contributed by atoms with van der Waals surface area (Å²) in [5.74, 6) is -0.0734. The number of hydrogen-bond donors (Lipinski definition) is 1. The van der Waals surface area contributed by atoms with Gasteiger partial charge in [-0.25, -0.2) is 0 Å². The second-order valence-corrected chi connectivity index (χ2v) is 5.71. The third-order valence-corrected chi connectivity index (χ3v) is 4.58. The number of likely N-dealkylation sites (tertiary alicyclic amines) is 1. The number of hydrogen-bond acceptors (Lipinski definition) is 4. The van der Waals surface area contributed by atoms with Crippen LogP contribution >= 0.6 is 22.9 Å². The van der Waals surface area contributed by atoms with Crippen LogP contribution in [0.1, 0.15) is 16.8 Å². The van der Waals surface area contributed by atoms with E-state index in [-0.39, 0.29) is 11.9 Å². The summed E-state index contributed by atoms with van der Waals surface area (Å²) in [5, 5.41) is 2.42. The SMILES string of the molecule is NC1CCN(C(=O)c2cnc3ccsc3c2Cl)C1. The molecule has 94 valence electrons. The van der Waals surface area contributed by atoms with Gasteiger partial charge in [0.25, 0.3) is 5.91 Å². The average molecular weight is 282 g/mol. The summed E-state index contributed by atoms with van der Waals surface area (Å²) in [6.07, 6.45) is 2.40. The molecule has 0 bridgehead atoms. The number of carbonyl (C=O) groups is 1. The van der Waals surface area contributed by atoms with Crippen molar-refractivity contribution in [1.29, 1.82) is 0 Å². The molecule has 2 aromatic rings. The van der Waals surface area contributed by atoms with E-state index < -0.39 is 0 Å². The number of aromatic nitrogens is 1. The fourth-order valence-electron chi connectivity index (χ4n) is 2.17. The lowest BCUT2D eigenvalue weighted by molar-refractivity contribution is 0.0791. The second kappa shape index (κ2) is 4.50. The third-order valence-electron chi connectivity index (χ3n) is 3.16. The first-order chi connectivity index (χ1) is 8.66. The average Bonchev–Trinajstić information content (AvgIpc) is 2.97. The van der Waals surface area contributed by atoms with Crippen molar-refractivity contribution in [2.75, 3.05) is 13.1 Å². The molecule has 1 fully saturated rings. The second-order valence-electron chi connectivity index (χ2n) is 4.42. The number of nitrogens with two attached hydrogens (primary N) is 1. The van der Waals surface area contributed by atoms with Crippen LogP contribution in [0.4, 0.5) is 0 Å². The van der Waals surface area contributed by atoms with Gasteiger partial charge in [-0.2, -0.15) is 0 Å².